The van der Waals surface area contributed by atoms with Gasteiger partial charge in [0.05, 0.1) is 0 Å². The molecule has 0 saturated heterocycles. The lowest BCUT2D eigenvalue weighted by atomic mass is 10.3. The highest BCUT2D eigenvalue weighted by Crippen LogP contribution is 2.55. The topological polar surface area (TPSA) is 29.5 Å². The molecule has 0 radical (unpaired) electrons. The Hall–Kier alpha value is -1.02. The molecule has 1 unspecified atom stereocenters. The molecule has 0 aromatic heterocycles. The lowest BCUT2D eigenvalue weighted by Crippen LogP contribution is -2.20. The van der Waals surface area contributed by atoms with Gasteiger partial charge in [-0.15, -0.1) is 13.2 Å². The monoisotopic (exact) mass is 271 g/mol. The van der Waals surface area contributed by atoms with Crippen LogP contribution in [0.2, 0.25) is 0 Å². The van der Waals surface area contributed by atoms with Gasteiger partial charge >= 0.3 is 6.87 Å². The van der Waals surface area contributed by atoms with E-state index in [1.165, 1.54) is 4.67 Å². The fraction of sp³-hybridized carbons (Fsp3) is 0.167. The van der Waals surface area contributed by atoms with Crippen LogP contribution in [-0.4, -0.2) is 17.8 Å². The molecular weight excluding hydrogens is 257 g/mol. The predicted molar refractivity (Wildman–Crippen MR) is 72.5 cm³/mol. The SMILES string of the molecule is C=CCN(CC=C)P(=O)(Cl)Oc1ccccc1. The number of halogens is 1. The Kier molecular flexibility index (Phi) is 5.49. The Morgan fingerprint density at radius 3 is 2.24 bits per heavy atom. The summed E-state index contributed by atoms with van der Waals surface area (Å²) < 4.78 is 19.0. The second-order valence-electron chi connectivity index (χ2n) is 3.30. The third kappa shape index (κ3) is 4.39. The number of para-hydroxylation sites is 1. The van der Waals surface area contributed by atoms with Crippen molar-refractivity contribution < 1.29 is 9.09 Å². The van der Waals surface area contributed by atoms with Crippen molar-refractivity contribution in [2.75, 3.05) is 13.1 Å². The molecular formula is C12H15ClNO2P. The molecule has 0 aliphatic carbocycles. The fourth-order valence-corrected chi connectivity index (χ4v) is 2.96. The van der Waals surface area contributed by atoms with Crippen LogP contribution in [0.4, 0.5) is 0 Å². The molecule has 1 rings (SSSR count). The van der Waals surface area contributed by atoms with Crippen LogP contribution in [0.1, 0.15) is 0 Å². The summed E-state index contributed by atoms with van der Waals surface area (Å²) in [6.07, 6.45) is 3.24. The highest BCUT2D eigenvalue weighted by molar-refractivity contribution is 7.83. The fourth-order valence-electron chi connectivity index (χ4n) is 1.24. The van der Waals surface area contributed by atoms with E-state index >= 15 is 0 Å². The van der Waals surface area contributed by atoms with Crippen LogP contribution in [-0.2, 0) is 4.57 Å². The van der Waals surface area contributed by atoms with Gasteiger partial charge in [-0.25, -0.2) is 9.24 Å². The second-order valence-corrected chi connectivity index (χ2v) is 6.24. The largest absolute Gasteiger partial charge is 0.422 e. The van der Waals surface area contributed by atoms with Crippen molar-refractivity contribution in [1.82, 2.24) is 4.67 Å². The zero-order chi connectivity index (χ0) is 12.7. The maximum absolute atomic E-state index is 12.2. The van der Waals surface area contributed by atoms with Crippen LogP contribution >= 0.6 is 18.1 Å². The van der Waals surface area contributed by atoms with Gasteiger partial charge in [0.1, 0.15) is 5.75 Å². The Balaban J connectivity index is 2.81. The average Bonchev–Trinajstić information content (AvgIpc) is 2.29. The standard InChI is InChI=1S/C12H15ClNO2P/c1-3-10-14(11-4-2)17(13,15)16-12-8-6-5-7-9-12/h3-9H,1-2,10-11H2. The summed E-state index contributed by atoms with van der Waals surface area (Å²) in [6.45, 7) is 4.54. The Morgan fingerprint density at radius 2 is 1.76 bits per heavy atom. The molecule has 0 spiro atoms. The van der Waals surface area contributed by atoms with Crippen molar-refractivity contribution >= 4 is 18.1 Å². The van der Waals surface area contributed by atoms with E-state index in [2.05, 4.69) is 13.2 Å². The van der Waals surface area contributed by atoms with E-state index in [4.69, 9.17) is 15.8 Å². The van der Waals surface area contributed by atoms with Crippen LogP contribution in [0.25, 0.3) is 0 Å². The molecule has 0 N–H and O–H groups in total. The molecule has 1 aromatic carbocycles. The highest BCUT2D eigenvalue weighted by atomic mass is 35.7. The molecule has 0 fully saturated rings. The lowest BCUT2D eigenvalue weighted by molar-refractivity contribution is 0.406. The maximum Gasteiger partial charge on any atom is 0.412 e. The normalized spacial score (nSPS) is 14.0. The minimum absolute atomic E-state index is 0.375. The molecule has 0 amide bonds. The number of hydrogen-bond acceptors (Lipinski definition) is 2. The third-order valence-corrected chi connectivity index (χ3v) is 4.27. The first-order valence-electron chi connectivity index (χ1n) is 5.11. The van der Waals surface area contributed by atoms with E-state index in [0.717, 1.165) is 0 Å². The van der Waals surface area contributed by atoms with Gasteiger partial charge in [-0.2, -0.15) is 0 Å². The molecule has 5 heteroatoms. The number of benzene rings is 1. The molecule has 1 aromatic rings. The van der Waals surface area contributed by atoms with Crippen LogP contribution < -0.4 is 4.52 Å². The first-order valence-corrected chi connectivity index (χ1v) is 7.60. The number of hydrogen-bond donors (Lipinski definition) is 0. The lowest BCUT2D eigenvalue weighted by Gasteiger charge is -2.24. The summed E-state index contributed by atoms with van der Waals surface area (Å²) in [5.74, 6) is 0.476. The summed E-state index contributed by atoms with van der Waals surface area (Å²) in [7, 11) is 0. The van der Waals surface area contributed by atoms with Crippen molar-refractivity contribution in [1.29, 1.82) is 0 Å². The smallest absolute Gasteiger partial charge is 0.412 e. The van der Waals surface area contributed by atoms with Gasteiger partial charge in [-0.05, 0) is 12.1 Å². The Bertz CT molecular complexity index is 412. The van der Waals surface area contributed by atoms with Crippen molar-refractivity contribution in [2.45, 2.75) is 0 Å². The zero-order valence-corrected chi connectivity index (χ0v) is 11.1. The summed E-state index contributed by atoms with van der Waals surface area (Å²) >= 11 is 5.96. The Labute approximate surface area is 107 Å². The minimum Gasteiger partial charge on any atom is -0.422 e. The molecule has 0 aliphatic rings. The summed E-state index contributed by atoms with van der Waals surface area (Å²) in [4.78, 5) is 0. The molecule has 92 valence electrons. The van der Waals surface area contributed by atoms with Gasteiger partial charge < -0.3 is 4.52 Å². The predicted octanol–water partition coefficient (Wildman–Crippen LogP) is 4.09. The molecule has 3 nitrogen and oxygen atoms in total. The molecule has 0 heterocycles. The van der Waals surface area contributed by atoms with Crippen LogP contribution in [0.15, 0.2) is 55.6 Å². The van der Waals surface area contributed by atoms with Crippen LogP contribution in [0, 0.1) is 0 Å². The van der Waals surface area contributed by atoms with Gasteiger partial charge in [-0.3, -0.25) is 0 Å². The quantitative estimate of drug-likeness (QED) is 0.553. The molecule has 0 bridgehead atoms. The highest BCUT2D eigenvalue weighted by Gasteiger charge is 2.29. The summed E-state index contributed by atoms with van der Waals surface area (Å²) in [6, 6.07) is 8.83. The third-order valence-electron chi connectivity index (χ3n) is 1.98. The van der Waals surface area contributed by atoms with Gasteiger partial charge in [0.2, 0.25) is 0 Å². The zero-order valence-electron chi connectivity index (χ0n) is 9.46. The average molecular weight is 272 g/mol. The summed E-state index contributed by atoms with van der Waals surface area (Å²) in [5, 5.41) is 0. The molecule has 1 atom stereocenters. The van der Waals surface area contributed by atoms with Crippen LogP contribution in [0.5, 0.6) is 5.75 Å². The second kappa shape index (κ2) is 6.65. The van der Waals surface area contributed by atoms with E-state index in [9.17, 15) is 4.57 Å². The Morgan fingerprint density at radius 1 is 1.24 bits per heavy atom. The van der Waals surface area contributed by atoms with Gasteiger partial charge in [0.25, 0.3) is 0 Å². The van der Waals surface area contributed by atoms with Gasteiger partial charge in [0.15, 0.2) is 0 Å². The van der Waals surface area contributed by atoms with Crippen molar-refractivity contribution in [3.63, 3.8) is 0 Å². The molecule has 0 saturated carbocycles. The van der Waals surface area contributed by atoms with Gasteiger partial charge in [-0.1, -0.05) is 30.4 Å². The van der Waals surface area contributed by atoms with E-state index in [1.54, 1.807) is 36.4 Å². The first-order chi connectivity index (χ1) is 8.10. The molecule has 17 heavy (non-hydrogen) atoms. The molecule has 0 aliphatic heterocycles. The van der Waals surface area contributed by atoms with E-state index in [-0.39, 0.29) is 0 Å². The van der Waals surface area contributed by atoms with E-state index in [0.29, 0.717) is 18.8 Å². The van der Waals surface area contributed by atoms with Crippen molar-refractivity contribution in [3.8, 4) is 5.75 Å². The van der Waals surface area contributed by atoms with Crippen molar-refractivity contribution in [3.05, 3.63) is 55.6 Å². The number of nitrogens with zero attached hydrogens (tertiary/aromatic N) is 1. The first kappa shape index (κ1) is 14.0. The van der Waals surface area contributed by atoms with E-state index in [1.807, 2.05) is 6.07 Å². The van der Waals surface area contributed by atoms with E-state index < -0.39 is 6.87 Å². The maximum atomic E-state index is 12.2. The van der Waals surface area contributed by atoms with Crippen molar-refractivity contribution in [2.24, 2.45) is 0 Å². The van der Waals surface area contributed by atoms with Gasteiger partial charge in [0, 0.05) is 24.3 Å². The minimum atomic E-state index is -3.39. The summed E-state index contributed by atoms with van der Waals surface area (Å²) in [5.41, 5.74) is 0. The number of rotatable bonds is 7. The van der Waals surface area contributed by atoms with Crippen LogP contribution in [0.3, 0.4) is 0 Å².